The molecule has 4 heteroatoms. The molecular formula is C23H21N3O. The Hall–Kier alpha value is -3.40. The van der Waals surface area contributed by atoms with Gasteiger partial charge < -0.3 is 4.74 Å². The lowest BCUT2D eigenvalue weighted by atomic mass is 10.1. The molecule has 1 aromatic heterocycles. The van der Waals surface area contributed by atoms with Crippen molar-refractivity contribution in [2.45, 2.75) is 13.0 Å². The molecule has 1 atom stereocenters. The van der Waals surface area contributed by atoms with Crippen LogP contribution in [0.3, 0.4) is 0 Å². The van der Waals surface area contributed by atoms with Gasteiger partial charge in [-0.15, -0.1) is 5.10 Å². The van der Waals surface area contributed by atoms with Crippen LogP contribution in [0.25, 0.3) is 17.1 Å². The minimum Gasteiger partial charge on any atom is -0.489 e. The predicted octanol–water partition coefficient (Wildman–Crippen LogP) is 5.13. The standard InChI is InChI=1S/C23H21N3O/c1-18(26-22-15-7-6-14-21(22)24-25-26)20-13-5-8-16-23(20)27-17-9-12-19-10-3-2-4-11-19/h2-16,18H,17H2,1H3/b12-9+. The Morgan fingerprint density at radius 2 is 1.67 bits per heavy atom. The Kier molecular flexibility index (Phi) is 4.97. The van der Waals surface area contributed by atoms with E-state index in [9.17, 15) is 0 Å². The minimum absolute atomic E-state index is 0.0201. The number of hydrogen-bond acceptors (Lipinski definition) is 3. The number of fused-ring (bicyclic) bond motifs is 1. The van der Waals surface area contributed by atoms with Crippen LogP contribution in [-0.4, -0.2) is 21.6 Å². The normalized spacial score (nSPS) is 12.5. The van der Waals surface area contributed by atoms with Crippen molar-refractivity contribution < 1.29 is 4.74 Å². The predicted molar refractivity (Wildman–Crippen MR) is 109 cm³/mol. The molecule has 1 unspecified atom stereocenters. The van der Waals surface area contributed by atoms with Crippen LogP contribution < -0.4 is 4.74 Å². The van der Waals surface area contributed by atoms with Crippen LogP contribution >= 0.6 is 0 Å². The Bertz CT molecular complexity index is 1050. The molecule has 0 spiro atoms. The lowest BCUT2D eigenvalue weighted by molar-refractivity contribution is 0.354. The molecular weight excluding hydrogens is 334 g/mol. The van der Waals surface area contributed by atoms with Gasteiger partial charge in [0.15, 0.2) is 0 Å². The van der Waals surface area contributed by atoms with Crippen LogP contribution in [-0.2, 0) is 0 Å². The van der Waals surface area contributed by atoms with E-state index in [1.54, 1.807) is 0 Å². The molecule has 0 fully saturated rings. The summed E-state index contributed by atoms with van der Waals surface area (Å²) in [6, 6.07) is 26.3. The molecule has 0 bridgehead atoms. The Labute approximate surface area is 158 Å². The largest absolute Gasteiger partial charge is 0.489 e. The summed E-state index contributed by atoms with van der Waals surface area (Å²) in [7, 11) is 0. The summed E-state index contributed by atoms with van der Waals surface area (Å²) < 4.78 is 7.98. The first-order chi connectivity index (χ1) is 13.3. The lowest BCUT2D eigenvalue weighted by Gasteiger charge is -2.17. The maximum absolute atomic E-state index is 6.04. The van der Waals surface area contributed by atoms with Crippen molar-refractivity contribution in [3.05, 3.63) is 96.1 Å². The van der Waals surface area contributed by atoms with Crippen molar-refractivity contribution in [3.8, 4) is 5.75 Å². The summed E-state index contributed by atoms with van der Waals surface area (Å²) in [5.41, 5.74) is 4.16. The second-order valence-electron chi connectivity index (χ2n) is 6.36. The molecule has 134 valence electrons. The van der Waals surface area contributed by atoms with Crippen LogP contribution in [0.4, 0.5) is 0 Å². The summed E-state index contributed by atoms with van der Waals surface area (Å²) in [6.07, 6.45) is 4.10. The number of hydrogen-bond donors (Lipinski definition) is 0. The van der Waals surface area contributed by atoms with E-state index < -0.39 is 0 Å². The summed E-state index contributed by atoms with van der Waals surface area (Å²) in [6.45, 7) is 2.62. The number of ether oxygens (including phenoxy) is 1. The zero-order chi connectivity index (χ0) is 18.5. The molecule has 27 heavy (non-hydrogen) atoms. The van der Waals surface area contributed by atoms with Crippen molar-refractivity contribution in [1.29, 1.82) is 0 Å². The Morgan fingerprint density at radius 3 is 2.56 bits per heavy atom. The van der Waals surface area contributed by atoms with Gasteiger partial charge in [-0.2, -0.15) is 0 Å². The fourth-order valence-corrected chi connectivity index (χ4v) is 3.15. The summed E-state index contributed by atoms with van der Waals surface area (Å²) in [5.74, 6) is 0.863. The molecule has 0 radical (unpaired) electrons. The van der Waals surface area contributed by atoms with Crippen molar-refractivity contribution >= 4 is 17.1 Å². The summed E-state index contributed by atoms with van der Waals surface area (Å²) >= 11 is 0. The SMILES string of the molecule is CC(c1ccccc1OC/C=C/c1ccccc1)n1nnc2ccccc21. The van der Waals surface area contributed by atoms with Gasteiger partial charge in [0.2, 0.25) is 0 Å². The summed E-state index contributed by atoms with van der Waals surface area (Å²) in [5, 5.41) is 8.61. The molecule has 4 rings (SSSR count). The minimum atomic E-state index is 0.0201. The zero-order valence-electron chi connectivity index (χ0n) is 15.2. The van der Waals surface area contributed by atoms with Crippen LogP contribution in [0, 0.1) is 0 Å². The molecule has 0 aliphatic heterocycles. The maximum Gasteiger partial charge on any atom is 0.125 e. The van der Waals surface area contributed by atoms with Gasteiger partial charge in [-0.05, 0) is 36.8 Å². The van der Waals surface area contributed by atoms with E-state index in [0.29, 0.717) is 6.61 Å². The first kappa shape index (κ1) is 17.0. The van der Waals surface area contributed by atoms with E-state index in [1.165, 1.54) is 0 Å². The average Bonchev–Trinajstić information content (AvgIpc) is 3.16. The lowest BCUT2D eigenvalue weighted by Crippen LogP contribution is -2.10. The van der Waals surface area contributed by atoms with Crippen LogP contribution in [0.5, 0.6) is 5.75 Å². The van der Waals surface area contributed by atoms with E-state index in [2.05, 4.69) is 41.5 Å². The number of rotatable bonds is 6. The highest BCUT2D eigenvalue weighted by atomic mass is 16.5. The van der Waals surface area contributed by atoms with E-state index in [-0.39, 0.29) is 6.04 Å². The third-order valence-electron chi connectivity index (χ3n) is 4.56. The van der Waals surface area contributed by atoms with Gasteiger partial charge >= 0.3 is 0 Å². The molecule has 0 amide bonds. The van der Waals surface area contributed by atoms with Gasteiger partial charge in [-0.1, -0.05) is 72.0 Å². The molecule has 0 N–H and O–H groups in total. The second kappa shape index (κ2) is 7.87. The first-order valence-corrected chi connectivity index (χ1v) is 9.06. The van der Waals surface area contributed by atoms with Crippen molar-refractivity contribution in [1.82, 2.24) is 15.0 Å². The van der Waals surface area contributed by atoms with E-state index in [4.69, 9.17) is 4.74 Å². The molecule has 0 saturated carbocycles. The average molecular weight is 355 g/mol. The molecule has 1 heterocycles. The quantitative estimate of drug-likeness (QED) is 0.481. The van der Waals surface area contributed by atoms with Crippen molar-refractivity contribution in [2.24, 2.45) is 0 Å². The van der Waals surface area contributed by atoms with Gasteiger partial charge in [0.1, 0.15) is 17.9 Å². The Morgan fingerprint density at radius 1 is 0.926 bits per heavy atom. The van der Waals surface area contributed by atoms with E-state index >= 15 is 0 Å². The second-order valence-corrected chi connectivity index (χ2v) is 6.36. The molecule has 0 aliphatic rings. The number of nitrogens with zero attached hydrogens (tertiary/aromatic N) is 3. The van der Waals surface area contributed by atoms with Gasteiger partial charge in [-0.25, -0.2) is 4.68 Å². The highest BCUT2D eigenvalue weighted by Crippen LogP contribution is 2.29. The first-order valence-electron chi connectivity index (χ1n) is 9.06. The zero-order valence-corrected chi connectivity index (χ0v) is 15.2. The molecule has 4 aromatic rings. The fraction of sp³-hybridized carbons (Fsp3) is 0.130. The van der Waals surface area contributed by atoms with Crippen LogP contribution in [0.1, 0.15) is 24.1 Å². The topological polar surface area (TPSA) is 39.9 Å². The highest BCUT2D eigenvalue weighted by Gasteiger charge is 2.16. The van der Waals surface area contributed by atoms with Crippen molar-refractivity contribution in [2.75, 3.05) is 6.61 Å². The monoisotopic (exact) mass is 355 g/mol. The number of aromatic nitrogens is 3. The van der Waals surface area contributed by atoms with Gasteiger partial charge in [-0.3, -0.25) is 0 Å². The van der Waals surface area contributed by atoms with E-state index in [1.807, 2.05) is 71.4 Å². The van der Waals surface area contributed by atoms with Gasteiger partial charge in [0, 0.05) is 5.56 Å². The van der Waals surface area contributed by atoms with Crippen LogP contribution in [0.15, 0.2) is 84.9 Å². The van der Waals surface area contributed by atoms with Crippen LogP contribution in [0.2, 0.25) is 0 Å². The number of benzene rings is 3. The molecule has 0 saturated heterocycles. The smallest absolute Gasteiger partial charge is 0.125 e. The number of para-hydroxylation sites is 2. The van der Waals surface area contributed by atoms with E-state index in [0.717, 1.165) is 27.9 Å². The van der Waals surface area contributed by atoms with Crippen molar-refractivity contribution in [3.63, 3.8) is 0 Å². The third-order valence-corrected chi connectivity index (χ3v) is 4.56. The molecule has 0 aliphatic carbocycles. The Balaban J connectivity index is 1.53. The van der Waals surface area contributed by atoms with Gasteiger partial charge in [0.05, 0.1) is 11.6 Å². The fourth-order valence-electron chi connectivity index (χ4n) is 3.15. The summed E-state index contributed by atoms with van der Waals surface area (Å²) in [4.78, 5) is 0. The highest BCUT2D eigenvalue weighted by molar-refractivity contribution is 5.74. The molecule has 4 nitrogen and oxygen atoms in total. The van der Waals surface area contributed by atoms with Gasteiger partial charge in [0.25, 0.3) is 0 Å². The molecule has 3 aromatic carbocycles. The maximum atomic E-state index is 6.04. The third kappa shape index (κ3) is 3.75.